The number of hydrogen-bond donors (Lipinski definition) is 3. The van der Waals surface area contributed by atoms with Gasteiger partial charge in [-0.2, -0.15) is 0 Å². The quantitative estimate of drug-likeness (QED) is 0.236. The summed E-state index contributed by atoms with van der Waals surface area (Å²) in [6.45, 7) is 18.5. The number of carbonyl (C=O) groups is 3. The maximum absolute atomic E-state index is 12.3. The fourth-order valence-electron chi connectivity index (χ4n) is 11.4. The van der Waals surface area contributed by atoms with Gasteiger partial charge in [0.2, 0.25) is 0 Å². The number of nitrogens with zero attached hydrogens (tertiary/aromatic N) is 2. The second-order valence-electron chi connectivity index (χ2n) is 21.8. The number of nitrogens with one attached hydrogen (secondary N) is 3. The van der Waals surface area contributed by atoms with Gasteiger partial charge in [0, 0.05) is 63.2 Å². The molecule has 2 aromatic rings. The molecule has 3 spiro atoms. The second kappa shape index (κ2) is 22.3. The number of amides is 2. The van der Waals surface area contributed by atoms with E-state index in [1.165, 1.54) is 75.6 Å². The van der Waals surface area contributed by atoms with Crippen LogP contribution in [0.4, 0.5) is 9.59 Å². The van der Waals surface area contributed by atoms with Gasteiger partial charge < -0.3 is 44.7 Å². The predicted molar refractivity (Wildman–Crippen MR) is 257 cm³/mol. The van der Waals surface area contributed by atoms with Crippen molar-refractivity contribution in [1.29, 1.82) is 0 Å². The SMILES string of the molecule is CC(C)(C)OC(=O)N1CCC2(CCCC2=O)CC1.COc1ccc(CNC2CCCC23CCN(C(=O)OC(C)(C)C)CC3)cc1.COc1ccc(CNC2CCCC23CCNCC3)cc1. The molecule has 2 unspecified atom stereocenters. The lowest BCUT2D eigenvalue weighted by molar-refractivity contribution is -0.128. The molecule has 3 heterocycles. The van der Waals surface area contributed by atoms with Crippen LogP contribution in [0.2, 0.25) is 0 Å². The number of Topliss-reactive ketones (excluding diaryl/α,β-unsaturated/α-hetero) is 1. The highest BCUT2D eigenvalue weighted by Gasteiger charge is 2.47. The molecule has 6 aliphatic rings. The molecule has 8 rings (SSSR count). The van der Waals surface area contributed by atoms with Gasteiger partial charge in [0.15, 0.2) is 0 Å². The molecule has 3 N–H and O–H groups in total. The van der Waals surface area contributed by atoms with Crippen molar-refractivity contribution in [2.45, 2.75) is 174 Å². The summed E-state index contributed by atoms with van der Waals surface area (Å²) in [5.74, 6) is 2.24. The molecule has 0 bridgehead atoms. The van der Waals surface area contributed by atoms with E-state index in [4.69, 9.17) is 18.9 Å². The number of rotatable bonds is 8. The van der Waals surface area contributed by atoms with Crippen molar-refractivity contribution >= 4 is 18.0 Å². The summed E-state index contributed by atoms with van der Waals surface area (Å²) in [6, 6.07) is 17.9. The zero-order valence-electron chi connectivity index (χ0n) is 41.3. The van der Waals surface area contributed by atoms with Crippen LogP contribution < -0.4 is 25.4 Å². The van der Waals surface area contributed by atoms with E-state index in [0.29, 0.717) is 41.8 Å². The van der Waals surface area contributed by atoms with Crippen molar-refractivity contribution in [2.24, 2.45) is 16.2 Å². The van der Waals surface area contributed by atoms with Crippen LogP contribution in [0.3, 0.4) is 0 Å². The van der Waals surface area contributed by atoms with Gasteiger partial charge >= 0.3 is 12.2 Å². The Bertz CT molecular complexity index is 1820. The van der Waals surface area contributed by atoms with Crippen LogP contribution in [0.25, 0.3) is 0 Å². The van der Waals surface area contributed by atoms with Crippen molar-refractivity contribution in [2.75, 3.05) is 53.5 Å². The number of carbonyl (C=O) groups excluding carboxylic acids is 3. The molecule has 3 saturated heterocycles. The first kappa shape index (κ1) is 50.5. The van der Waals surface area contributed by atoms with E-state index >= 15 is 0 Å². The topological polar surface area (TPSA) is 131 Å². The number of ether oxygens (including phenoxy) is 4. The van der Waals surface area contributed by atoms with E-state index < -0.39 is 11.2 Å². The number of methoxy groups -OCH3 is 2. The molecule has 2 amide bonds. The first-order chi connectivity index (χ1) is 31.0. The summed E-state index contributed by atoms with van der Waals surface area (Å²) in [5, 5.41) is 11.1. The molecule has 0 aromatic heterocycles. The van der Waals surface area contributed by atoms with Crippen LogP contribution in [0, 0.1) is 16.2 Å². The van der Waals surface area contributed by atoms with Crippen LogP contribution >= 0.6 is 0 Å². The Kier molecular flexibility index (Phi) is 17.3. The molecule has 2 atom stereocenters. The summed E-state index contributed by atoms with van der Waals surface area (Å²) in [4.78, 5) is 39.8. The molecule has 3 saturated carbocycles. The van der Waals surface area contributed by atoms with E-state index in [-0.39, 0.29) is 17.6 Å². The van der Waals surface area contributed by atoms with E-state index in [2.05, 4.69) is 40.2 Å². The zero-order chi connectivity index (χ0) is 46.7. The maximum Gasteiger partial charge on any atom is 0.410 e. The van der Waals surface area contributed by atoms with E-state index in [1.807, 2.05) is 70.7 Å². The lowest BCUT2D eigenvalue weighted by Crippen LogP contribution is -2.50. The number of ketones is 1. The third-order valence-corrected chi connectivity index (χ3v) is 15.3. The van der Waals surface area contributed by atoms with Crippen LogP contribution in [-0.4, -0.2) is 105 Å². The van der Waals surface area contributed by atoms with Crippen molar-refractivity contribution < 1.29 is 33.3 Å². The van der Waals surface area contributed by atoms with E-state index in [0.717, 1.165) is 82.6 Å². The summed E-state index contributed by atoms with van der Waals surface area (Å²) in [7, 11) is 3.41. The number of benzene rings is 2. The Hall–Kier alpha value is -3.87. The predicted octanol–water partition coefficient (Wildman–Crippen LogP) is 9.82. The van der Waals surface area contributed by atoms with Gasteiger partial charge in [-0.3, -0.25) is 4.79 Å². The Morgan fingerprint density at radius 1 is 0.600 bits per heavy atom. The van der Waals surface area contributed by atoms with Gasteiger partial charge in [0.1, 0.15) is 28.5 Å². The van der Waals surface area contributed by atoms with E-state index in [1.54, 1.807) is 19.1 Å². The lowest BCUT2D eigenvalue weighted by Gasteiger charge is -2.43. The third-order valence-electron chi connectivity index (χ3n) is 15.3. The molecular formula is C53H83N5O7. The summed E-state index contributed by atoms with van der Waals surface area (Å²) < 4.78 is 21.3. The number of piperidine rings is 3. The van der Waals surface area contributed by atoms with Crippen molar-refractivity contribution in [3.63, 3.8) is 0 Å². The molecule has 3 aliphatic carbocycles. The number of hydrogen-bond acceptors (Lipinski definition) is 10. The highest BCUT2D eigenvalue weighted by atomic mass is 16.6. The van der Waals surface area contributed by atoms with Crippen molar-refractivity contribution in [3.05, 3.63) is 59.7 Å². The average Bonchev–Trinajstić information content (AvgIpc) is 3.98. The van der Waals surface area contributed by atoms with Gasteiger partial charge in [-0.1, -0.05) is 37.1 Å². The third kappa shape index (κ3) is 13.8. The molecule has 0 radical (unpaired) electrons. The summed E-state index contributed by atoms with van der Waals surface area (Å²) in [5.41, 5.74) is 2.53. The smallest absolute Gasteiger partial charge is 0.410 e. The lowest BCUT2D eigenvalue weighted by atomic mass is 9.74. The molecule has 2 aromatic carbocycles. The number of likely N-dealkylation sites (tertiary alicyclic amines) is 2. The summed E-state index contributed by atoms with van der Waals surface area (Å²) >= 11 is 0. The van der Waals surface area contributed by atoms with Gasteiger partial charge in [-0.05, 0) is 178 Å². The maximum atomic E-state index is 12.3. The standard InChI is InChI=1S/C22H34N2O3.C17H26N2O.C14H23NO3/c1-21(2,3)27-20(25)24-14-12-22(13-15-24)11-5-6-19(22)23-16-17-7-9-18(26-4)10-8-17;1-20-15-6-4-14(5-7-15)13-19-16-3-2-8-17(16)9-11-18-12-10-17;1-13(2,3)18-12(17)15-9-7-14(8-10-15)6-4-5-11(14)16/h7-10,19,23H,5-6,11-16H2,1-4H3;4-7,16,18-19H,2-3,8-13H2,1H3;4-10H2,1-3H3. The Morgan fingerprint density at radius 2 is 1.02 bits per heavy atom. The minimum Gasteiger partial charge on any atom is -0.497 e. The average molecular weight is 902 g/mol. The molecule has 6 fully saturated rings. The minimum absolute atomic E-state index is 0.113. The zero-order valence-corrected chi connectivity index (χ0v) is 41.3. The summed E-state index contributed by atoms with van der Waals surface area (Å²) in [6.07, 6.45) is 16.7. The molecular weight excluding hydrogens is 819 g/mol. The normalized spacial score (nSPS) is 23.4. The van der Waals surface area contributed by atoms with Crippen LogP contribution in [0.5, 0.6) is 11.5 Å². The van der Waals surface area contributed by atoms with Crippen molar-refractivity contribution in [3.8, 4) is 11.5 Å². The van der Waals surface area contributed by atoms with Crippen molar-refractivity contribution in [1.82, 2.24) is 25.8 Å². The van der Waals surface area contributed by atoms with Gasteiger partial charge in [0.05, 0.1) is 14.2 Å². The minimum atomic E-state index is -0.449. The molecule has 3 aliphatic heterocycles. The van der Waals surface area contributed by atoms with Crippen LogP contribution in [-0.2, 0) is 27.4 Å². The fourth-order valence-corrected chi connectivity index (χ4v) is 11.4. The Balaban J connectivity index is 0.000000166. The monoisotopic (exact) mass is 902 g/mol. The van der Waals surface area contributed by atoms with Crippen LogP contribution in [0.1, 0.15) is 149 Å². The van der Waals surface area contributed by atoms with Gasteiger partial charge in [-0.15, -0.1) is 0 Å². The Morgan fingerprint density at radius 3 is 1.40 bits per heavy atom. The first-order valence-corrected chi connectivity index (χ1v) is 24.9. The molecule has 362 valence electrons. The molecule has 12 nitrogen and oxygen atoms in total. The van der Waals surface area contributed by atoms with E-state index in [9.17, 15) is 14.4 Å². The fraction of sp³-hybridized carbons (Fsp3) is 0.717. The largest absolute Gasteiger partial charge is 0.497 e. The Labute approximate surface area is 391 Å². The molecule has 65 heavy (non-hydrogen) atoms. The highest BCUT2D eigenvalue weighted by Crippen LogP contribution is 2.48. The second-order valence-corrected chi connectivity index (χ2v) is 21.8. The van der Waals surface area contributed by atoms with Gasteiger partial charge in [0.25, 0.3) is 0 Å². The highest BCUT2D eigenvalue weighted by molar-refractivity contribution is 5.87. The molecule has 12 heteroatoms. The first-order valence-electron chi connectivity index (χ1n) is 24.9. The van der Waals surface area contributed by atoms with Crippen LogP contribution in [0.15, 0.2) is 48.5 Å². The van der Waals surface area contributed by atoms with Gasteiger partial charge in [-0.25, -0.2) is 9.59 Å².